The second-order valence-corrected chi connectivity index (χ2v) is 9.55. The molecule has 1 N–H and O–H groups in total. The van der Waals surface area contributed by atoms with Crippen molar-refractivity contribution < 1.29 is 27.5 Å². The zero-order valence-corrected chi connectivity index (χ0v) is 20.6. The molecule has 0 unspecified atom stereocenters. The maximum Gasteiger partial charge on any atom is 0.419 e. The van der Waals surface area contributed by atoms with E-state index in [-0.39, 0.29) is 31.0 Å². The Kier molecular flexibility index (Phi) is 7.94. The predicted octanol–water partition coefficient (Wildman–Crippen LogP) is 1.72. The van der Waals surface area contributed by atoms with E-state index in [4.69, 9.17) is 4.74 Å². The van der Waals surface area contributed by atoms with Crippen LogP contribution in [-0.2, 0) is 28.8 Å². The van der Waals surface area contributed by atoms with Gasteiger partial charge >= 0.3 is 18.0 Å². The van der Waals surface area contributed by atoms with Gasteiger partial charge in [0.25, 0.3) is 0 Å². The van der Waals surface area contributed by atoms with Crippen LogP contribution in [0.1, 0.15) is 33.3 Å². The average Bonchev–Trinajstić information content (AvgIpc) is 3.10. The number of carbonyl (C=O) groups excluding carboxylic acids is 2. The Bertz CT molecular complexity index is 1110. The van der Waals surface area contributed by atoms with Crippen molar-refractivity contribution in [2.24, 2.45) is 0 Å². The summed E-state index contributed by atoms with van der Waals surface area (Å²) in [6.45, 7) is 8.36. The molecule has 0 radical (unpaired) electrons. The van der Waals surface area contributed by atoms with Gasteiger partial charge in [-0.15, -0.1) is 0 Å². The molecule has 1 fully saturated rings. The van der Waals surface area contributed by atoms with E-state index in [1.165, 1.54) is 15.3 Å². The highest BCUT2D eigenvalue weighted by molar-refractivity contribution is 5.76. The second-order valence-electron chi connectivity index (χ2n) is 9.55. The number of ether oxygens (including phenoxy) is 1. The van der Waals surface area contributed by atoms with Gasteiger partial charge < -0.3 is 19.9 Å². The molecule has 1 aliphatic heterocycles. The van der Waals surface area contributed by atoms with Gasteiger partial charge in [-0.05, 0) is 27.7 Å². The lowest BCUT2D eigenvalue weighted by atomic mass is 10.2. The number of hydrogen-bond donors (Lipinski definition) is 1. The highest BCUT2D eigenvalue weighted by Gasteiger charge is 2.32. The smallest absolute Gasteiger partial charge is 0.419 e. The summed E-state index contributed by atoms with van der Waals surface area (Å²) in [5.41, 5.74) is -1.95. The van der Waals surface area contributed by atoms with Crippen molar-refractivity contribution >= 4 is 17.9 Å². The van der Waals surface area contributed by atoms with Crippen LogP contribution in [-0.4, -0.2) is 73.8 Å². The minimum absolute atomic E-state index is 0.156. The maximum absolute atomic E-state index is 12.7. The average molecular weight is 514 g/mol. The first kappa shape index (κ1) is 27.0. The fourth-order valence-electron chi connectivity index (χ4n) is 3.59. The first-order chi connectivity index (χ1) is 16.7. The molecular weight excluding hydrogens is 483 g/mol. The second kappa shape index (κ2) is 10.6. The maximum atomic E-state index is 12.7. The molecule has 2 aromatic heterocycles. The molecule has 36 heavy (non-hydrogen) atoms. The number of nitrogens with one attached hydrogen (secondary N) is 1. The summed E-state index contributed by atoms with van der Waals surface area (Å²) in [5.74, 6) is -0.0970. The molecule has 0 spiro atoms. The molecule has 11 nitrogen and oxygen atoms in total. The first-order valence-corrected chi connectivity index (χ1v) is 11.4. The third kappa shape index (κ3) is 7.21. The Labute approximate surface area is 205 Å². The third-order valence-corrected chi connectivity index (χ3v) is 5.34. The summed E-state index contributed by atoms with van der Waals surface area (Å²) < 4.78 is 46.0. The van der Waals surface area contributed by atoms with Gasteiger partial charge in [-0.2, -0.15) is 13.2 Å². The van der Waals surface area contributed by atoms with E-state index >= 15 is 0 Å². The van der Waals surface area contributed by atoms with E-state index in [2.05, 4.69) is 15.3 Å². The number of carbonyl (C=O) groups is 2. The van der Waals surface area contributed by atoms with E-state index in [0.29, 0.717) is 26.2 Å². The van der Waals surface area contributed by atoms with E-state index < -0.39 is 29.1 Å². The number of halogens is 3. The molecule has 2 amide bonds. The highest BCUT2D eigenvalue weighted by Crippen LogP contribution is 2.28. The normalized spacial score (nSPS) is 15.5. The molecule has 2 aromatic rings. The number of hydrogen-bond acceptors (Lipinski definition) is 7. The van der Waals surface area contributed by atoms with E-state index in [9.17, 15) is 27.6 Å². The first-order valence-electron chi connectivity index (χ1n) is 11.4. The number of amides is 2. The SMILES string of the molecule is C[C@@H](Cn1ccn(CC(=O)N2CCN(c3ncc(C(F)(F)F)cn3)CC2)c1=O)NC(=O)OC(C)(C)C. The molecular formula is C22H30F3N7O4. The standard InChI is InChI=1S/C22H30F3N7O4/c1-15(28-19(34)36-21(2,3)4)13-31-9-10-32(20(31)35)14-17(33)29-5-7-30(8-6-29)18-26-11-16(12-27-18)22(23,24)25/h9-12,15H,5-8,13-14H2,1-4H3,(H,28,34)/t15-/m0/s1. The number of piperazine rings is 1. The fourth-order valence-corrected chi connectivity index (χ4v) is 3.59. The monoisotopic (exact) mass is 513 g/mol. The van der Waals surface area contributed by atoms with Crippen LogP contribution in [0.5, 0.6) is 0 Å². The van der Waals surface area contributed by atoms with Gasteiger partial charge in [-0.3, -0.25) is 13.9 Å². The summed E-state index contributed by atoms with van der Waals surface area (Å²) in [5, 5.41) is 2.67. The van der Waals surface area contributed by atoms with Crippen molar-refractivity contribution in [1.82, 2.24) is 29.3 Å². The van der Waals surface area contributed by atoms with Crippen LogP contribution in [0.3, 0.4) is 0 Å². The van der Waals surface area contributed by atoms with Gasteiger partial charge in [0.05, 0.1) is 5.56 Å². The van der Waals surface area contributed by atoms with Crippen LogP contribution in [0.15, 0.2) is 29.6 Å². The minimum Gasteiger partial charge on any atom is -0.444 e. The number of anilines is 1. The van der Waals surface area contributed by atoms with Crippen molar-refractivity contribution in [2.45, 2.75) is 58.6 Å². The Balaban J connectivity index is 1.51. The van der Waals surface area contributed by atoms with Gasteiger partial charge in [0.15, 0.2) is 0 Å². The van der Waals surface area contributed by atoms with Crippen LogP contribution in [0.25, 0.3) is 0 Å². The molecule has 3 heterocycles. The molecule has 3 rings (SSSR count). The summed E-state index contributed by atoms with van der Waals surface area (Å²) in [4.78, 5) is 48.2. The van der Waals surface area contributed by atoms with Crippen molar-refractivity contribution in [3.63, 3.8) is 0 Å². The number of alkyl halides is 3. The van der Waals surface area contributed by atoms with E-state index in [1.54, 1.807) is 43.7 Å². The van der Waals surface area contributed by atoms with Gasteiger partial charge in [0, 0.05) is 63.6 Å². The van der Waals surface area contributed by atoms with Crippen LogP contribution in [0, 0.1) is 0 Å². The lowest BCUT2D eigenvalue weighted by Gasteiger charge is -2.34. The topological polar surface area (TPSA) is 115 Å². The van der Waals surface area contributed by atoms with Gasteiger partial charge in [-0.1, -0.05) is 0 Å². The lowest BCUT2D eigenvalue weighted by molar-refractivity contribution is -0.138. The van der Waals surface area contributed by atoms with E-state index in [0.717, 1.165) is 12.4 Å². The number of aromatic nitrogens is 4. The quantitative estimate of drug-likeness (QED) is 0.626. The highest BCUT2D eigenvalue weighted by atomic mass is 19.4. The molecule has 1 aliphatic rings. The van der Waals surface area contributed by atoms with Crippen LogP contribution < -0.4 is 15.9 Å². The summed E-state index contributed by atoms with van der Waals surface area (Å²) in [7, 11) is 0. The van der Waals surface area contributed by atoms with E-state index in [1.807, 2.05) is 0 Å². The largest absolute Gasteiger partial charge is 0.444 e. The molecule has 14 heteroatoms. The van der Waals surface area contributed by atoms with Crippen molar-refractivity contribution in [1.29, 1.82) is 0 Å². The molecule has 0 bridgehead atoms. The molecule has 1 atom stereocenters. The molecule has 0 aliphatic carbocycles. The fraction of sp³-hybridized carbons (Fsp3) is 0.591. The molecule has 1 saturated heterocycles. The summed E-state index contributed by atoms with van der Waals surface area (Å²) >= 11 is 0. The van der Waals surface area contributed by atoms with Gasteiger partial charge in [-0.25, -0.2) is 19.6 Å². The van der Waals surface area contributed by atoms with Gasteiger partial charge in [0.2, 0.25) is 11.9 Å². The lowest BCUT2D eigenvalue weighted by Crippen LogP contribution is -2.50. The number of alkyl carbamates (subject to hydrolysis) is 1. The summed E-state index contributed by atoms with van der Waals surface area (Å²) in [6, 6.07) is -0.385. The van der Waals surface area contributed by atoms with Crippen molar-refractivity contribution in [3.05, 3.63) is 40.8 Å². The van der Waals surface area contributed by atoms with Crippen molar-refractivity contribution in [2.75, 3.05) is 31.1 Å². The zero-order chi connectivity index (χ0) is 26.7. The third-order valence-electron chi connectivity index (χ3n) is 5.34. The number of imidazole rings is 1. The number of rotatable bonds is 6. The Morgan fingerprint density at radius 3 is 2.19 bits per heavy atom. The predicted molar refractivity (Wildman–Crippen MR) is 123 cm³/mol. The zero-order valence-electron chi connectivity index (χ0n) is 20.6. The number of nitrogens with zero attached hydrogens (tertiary/aromatic N) is 6. The minimum atomic E-state index is -4.51. The molecule has 0 aromatic carbocycles. The Morgan fingerprint density at radius 2 is 1.64 bits per heavy atom. The van der Waals surface area contributed by atoms with Gasteiger partial charge in [0.1, 0.15) is 12.1 Å². The van der Waals surface area contributed by atoms with Crippen LogP contribution >= 0.6 is 0 Å². The molecule has 198 valence electrons. The molecule has 0 saturated carbocycles. The van der Waals surface area contributed by atoms with Crippen molar-refractivity contribution in [3.8, 4) is 0 Å². The van der Waals surface area contributed by atoms with Crippen LogP contribution in [0.2, 0.25) is 0 Å². The Hall–Kier alpha value is -3.58. The summed E-state index contributed by atoms with van der Waals surface area (Å²) in [6.07, 6.45) is -0.566. The Morgan fingerprint density at radius 1 is 1.06 bits per heavy atom. The van der Waals surface area contributed by atoms with Crippen LogP contribution in [0.4, 0.5) is 23.9 Å².